The lowest BCUT2D eigenvalue weighted by Crippen LogP contribution is -2.08. The Morgan fingerprint density at radius 3 is 2.53 bits per heavy atom. The van der Waals surface area contributed by atoms with E-state index in [1.165, 1.54) is 17.8 Å². The van der Waals surface area contributed by atoms with Crippen LogP contribution in [-0.2, 0) is 12.3 Å². The second-order valence-electron chi connectivity index (χ2n) is 7.09. The molecule has 6 nitrogen and oxygen atoms in total. The molecule has 0 saturated carbocycles. The highest BCUT2D eigenvalue weighted by Gasteiger charge is 2.19. The van der Waals surface area contributed by atoms with E-state index < -0.39 is 0 Å². The van der Waals surface area contributed by atoms with E-state index in [1.807, 2.05) is 28.8 Å². The fourth-order valence-corrected chi connectivity index (χ4v) is 3.96. The molecule has 4 aromatic rings. The largest absolute Gasteiger partial charge is 0.420 e. The van der Waals surface area contributed by atoms with E-state index >= 15 is 0 Å². The third-order valence-corrected chi connectivity index (χ3v) is 5.74. The number of benzene rings is 2. The average Bonchev–Trinajstić information content (AvgIpc) is 3.34. The maximum absolute atomic E-state index is 14.3. The van der Waals surface area contributed by atoms with Crippen molar-refractivity contribution >= 4 is 27.7 Å². The molecule has 0 bridgehead atoms. The van der Waals surface area contributed by atoms with E-state index in [0.717, 1.165) is 10.0 Å². The van der Waals surface area contributed by atoms with Crippen molar-refractivity contribution in [1.29, 1.82) is 0 Å². The second-order valence-corrected chi connectivity index (χ2v) is 8.95. The van der Waals surface area contributed by atoms with Gasteiger partial charge in [0.1, 0.15) is 5.82 Å². The summed E-state index contributed by atoms with van der Waals surface area (Å²) in [4.78, 5) is 0. The van der Waals surface area contributed by atoms with Gasteiger partial charge in [-0.15, -0.1) is 20.4 Å². The van der Waals surface area contributed by atoms with Crippen LogP contribution >= 0.6 is 27.7 Å². The van der Waals surface area contributed by atoms with Gasteiger partial charge in [0.05, 0.1) is 11.3 Å². The zero-order valence-electron chi connectivity index (χ0n) is 16.4. The number of hydrogen-bond acceptors (Lipinski definition) is 6. The number of nitrogens with zero attached hydrogens (tertiary/aromatic N) is 5. The molecule has 0 N–H and O–H groups in total. The number of thioether (sulfide) groups is 1. The van der Waals surface area contributed by atoms with Crippen molar-refractivity contribution < 1.29 is 8.81 Å². The molecule has 9 heteroatoms. The van der Waals surface area contributed by atoms with E-state index in [9.17, 15) is 4.39 Å². The van der Waals surface area contributed by atoms with Crippen LogP contribution in [0.15, 0.2) is 62.6 Å². The molecule has 2 aromatic heterocycles. The fourth-order valence-electron chi connectivity index (χ4n) is 2.91. The van der Waals surface area contributed by atoms with Gasteiger partial charge in [-0.2, -0.15) is 0 Å². The van der Waals surface area contributed by atoms with Gasteiger partial charge in [-0.3, -0.25) is 0 Å². The van der Waals surface area contributed by atoms with Gasteiger partial charge in [0.15, 0.2) is 11.0 Å². The van der Waals surface area contributed by atoms with E-state index in [4.69, 9.17) is 4.42 Å². The van der Waals surface area contributed by atoms with Crippen LogP contribution in [0.2, 0.25) is 0 Å². The van der Waals surface area contributed by atoms with E-state index in [1.54, 1.807) is 18.2 Å². The van der Waals surface area contributed by atoms with E-state index in [2.05, 4.69) is 50.2 Å². The number of hydrogen-bond donors (Lipinski definition) is 0. The first-order valence-corrected chi connectivity index (χ1v) is 11.2. The molecular formula is C21H19BrFN5OS. The van der Waals surface area contributed by atoms with Crippen LogP contribution in [0, 0.1) is 11.7 Å². The van der Waals surface area contributed by atoms with Crippen LogP contribution < -0.4 is 0 Å². The van der Waals surface area contributed by atoms with Gasteiger partial charge in [-0.05, 0) is 42.3 Å². The van der Waals surface area contributed by atoms with E-state index in [0.29, 0.717) is 46.5 Å². The number of aromatic nitrogens is 5. The molecule has 154 valence electrons. The molecule has 0 aliphatic rings. The van der Waals surface area contributed by atoms with Crippen LogP contribution in [0.25, 0.3) is 22.8 Å². The maximum atomic E-state index is 14.3. The van der Waals surface area contributed by atoms with Crippen LogP contribution in [0.5, 0.6) is 0 Å². The fraction of sp³-hybridized carbons (Fsp3) is 0.238. The Labute approximate surface area is 186 Å². The predicted molar refractivity (Wildman–Crippen MR) is 117 cm³/mol. The van der Waals surface area contributed by atoms with Crippen molar-refractivity contribution in [2.24, 2.45) is 5.92 Å². The van der Waals surface area contributed by atoms with Crippen LogP contribution in [0.3, 0.4) is 0 Å². The molecule has 0 amide bonds. The molecule has 0 saturated heterocycles. The standard InChI is InChI=1S/C21H19BrFN5OS/c1-13(2)11-28-19(16-5-3-4-6-17(16)23)25-27-21(28)30-12-18-24-26-20(29-18)14-7-9-15(22)10-8-14/h3-10,13H,11-12H2,1-2H3. The third-order valence-electron chi connectivity index (χ3n) is 4.26. The van der Waals surface area contributed by atoms with Gasteiger partial charge in [-0.1, -0.05) is 53.7 Å². The Kier molecular flexibility index (Phi) is 6.29. The molecule has 0 fully saturated rings. The lowest BCUT2D eigenvalue weighted by molar-refractivity contribution is 0.495. The zero-order chi connectivity index (χ0) is 21.1. The molecule has 0 spiro atoms. The molecule has 0 atom stereocenters. The first-order chi connectivity index (χ1) is 14.5. The molecule has 2 heterocycles. The smallest absolute Gasteiger partial charge is 0.247 e. The summed E-state index contributed by atoms with van der Waals surface area (Å²) >= 11 is 4.85. The van der Waals surface area contributed by atoms with Crippen LogP contribution in [0.1, 0.15) is 19.7 Å². The minimum absolute atomic E-state index is 0.317. The Morgan fingerprint density at radius 1 is 1.03 bits per heavy atom. The van der Waals surface area contributed by atoms with Crippen molar-refractivity contribution in [2.75, 3.05) is 0 Å². The monoisotopic (exact) mass is 487 g/mol. The van der Waals surface area contributed by atoms with Crippen LogP contribution in [0.4, 0.5) is 4.39 Å². The summed E-state index contributed by atoms with van der Waals surface area (Å²) in [6, 6.07) is 14.3. The Balaban J connectivity index is 1.55. The van der Waals surface area contributed by atoms with Gasteiger partial charge < -0.3 is 8.98 Å². The normalized spacial score (nSPS) is 11.4. The third kappa shape index (κ3) is 4.62. The summed E-state index contributed by atoms with van der Waals surface area (Å²) in [5.41, 5.74) is 1.29. The first-order valence-electron chi connectivity index (χ1n) is 9.40. The van der Waals surface area contributed by atoms with Crippen molar-refractivity contribution in [2.45, 2.75) is 31.3 Å². The summed E-state index contributed by atoms with van der Waals surface area (Å²) in [6.45, 7) is 4.87. The predicted octanol–water partition coefficient (Wildman–Crippen LogP) is 5.85. The molecule has 0 radical (unpaired) electrons. The van der Waals surface area contributed by atoms with Gasteiger partial charge in [0, 0.05) is 16.6 Å². The average molecular weight is 488 g/mol. The topological polar surface area (TPSA) is 69.6 Å². The molecule has 4 rings (SSSR count). The lowest BCUT2D eigenvalue weighted by atomic mass is 10.2. The quantitative estimate of drug-likeness (QED) is 0.304. The summed E-state index contributed by atoms with van der Waals surface area (Å²) in [7, 11) is 0. The lowest BCUT2D eigenvalue weighted by Gasteiger charge is -2.12. The maximum Gasteiger partial charge on any atom is 0.247 e. The summed E-state index contributed by atoms with van der Waals surface area (Å²) in [6.07, 6.45) is 0. The van der Waals surface area contributed by atoms with Gasteiger partial charge >= 0.3 is 0 Å². The molecule has 30 heavy (non-hydrogen) atoms. The van der Waals surface area contributed by atoms with Gasteiger partial charge in [0.25, 0.3) is 0 Å². The highest BCUT2D eigenvalue weighted by Crippen LogP contribution is 2.29. The SMILES string of the molecule is CC(C)Cn1c(SCc2nnc(-c3ccc(Br)cc3)o2)nnc1-c1ccccc1F. The van der Waals surface area contributed by atoms with Crippen molar-refractivity contribution in [1.82, 2.24) is 25.0 Å². The first kappa shape index (κ1) is 20.7. The highest BCUT2D eigenvalue weighted by molar-refractivity contribution is 9.10. The molecule has 0 unspecified atom stereocenters. The van der Waals surface area contributed by atoms with Gasteiger partial charge in [-0.25, -0.2) is 4.39 Å². The molecule has 2 aromatic carbocycles. The molecule has 0 aliphatic carbocycles. The minimum atomic E-state index is -0.317. The van der Waals surface area contributed by atoms with E-state index in [-0.39, 0.29) is 5.82 Å². The second kappa shape index (κ2) is 9.09. The molecule has 0 aliphatic heterocycles. The van der Waals surface area contributed by atoms with Gasteiger partial charge in [0.2, 0.25) is 11.8 Å². The zero-order valence-corrected chi connectivity index (χ0v) is 18.8. The van der Waals surface area contributed by atoms with Crippen molar-refractivity contribution in [3.05, 3.63) is 64.7 Å². The Hall–Kier alpha value is -2.52. The summed E-state index contributed by atoms with van der Waals surface area (Å²) < 4.78 is 23.0. The Bertz CT molecular complexity index is 1140. The Morgan fingerprint density at radius 2 is 1.80 bits per heavy atom. The summed E-state index contributed by atoms with van der Waals surface area (Å²) in [5, 5.41) is 17.5. The minimum Gasteiger partial charge on any atom is -0.420 e. The number of rotatable bonds is 7. The van der Waals surface area contributed by atoms with Crippen molar-refractivity contribution in [3.63, 3.8) is 0 Å². The highest BCUT2D eigenvalue weighted by atomic mass is 79.9. The molecular weight excluding hydrogens is 469 g/mol. The number of halogens is 2. The summed E-state index contributed by atoms with van der Waals surface area (Å²) in [5.74, 6) is 1.95. The van der Waals surface area contributed by atoms with Crippen molar-refractivity contribution in [3.8, 4) is 22.8 Å². The van der Waals surface area contributed by atoms with Crippen LogP contribution in [-0.4, -0.2) is 25.0 Å².